The van der Waals surface area contributed by atoms with Crippen LogP contribution < -0.4 is 0 Å². The molecule has 0 atom stereocenters. The second kappa shape index (κ2) is 7.52. The van der Waals surface area contributed by atoms with Gasteiger partial charge in [0.1, 0.15) is 11.5 Å². The Morgan fingerprint density at radius 1 is 0.542 bits per heavy atom. The molecule has 0 radical (unpaired) electrons. The van der Waals surface area contributed by atoms with Gasteiger partial charge < -0.3 is 10.2 Å². The topological polar surface area (TPSA) is 40.5 Å². The summed E-state index contributed by atoms with van der Waals surface area (Å²) >= 11 is 14.2. The van der Waals surface area contributed by atoms with E-state index in [9.17, 15) is 10.2 Å². The Kier molecular flexibility index (Phi) is 6.27. The maximum Gasteiger partial charge on any atom is 0.123 e. The fourth-order valence-electron chi connectivity index (χ4n) is 2.44. The maximum absolute atomic E-state index is 10.1. The Morgan fingerprint density at radius 2 is 0.750 bits per heavy atom. The third-order valence-electron chi connectivity index (χ3n) is 4.10. The lowest BCUT2D eigenvalue weighted by atomic mass is 10.0. The number of phenols is 2. The molecule has 2 aromatic carbocycles. The lowest BCUT2D eigenvalue weighted by molar-refractivity contribution is 0.465. The third kappa shape index (κ3) is 3.35. The lowest BCUT2D eigenvalue weighted by Gasteiger charge is -2.14. The second-order valence-corrected chi connectivity index (χ2v) is 8.79. The monoisotopic (exact) mass is 580 g/mol. The van der Waals surface area contributed by atoms with Crippen LogP contribution >= 0.6 is 63.7 Å². The molecule has 0 fully saturated rings. The smallest absolute Gasteiger partial charge is 0.123 e. The summed E-state index contributed by atoms with van der Waals surface area (Å²) in [5.74, 6) is 0.564. The molecule has 0 unspecified atom stereocenters. The van der Waals surface area contributed by atoms with Crippen LogP contribution in [-0.4, -0.2) is 10.2 Å². The van der Waals surface area contributed by atoms with Crippen molar-refractivity contribution >= 4 is 75.9 Å². The van der Waals surface area contributed by atoms with Crippen LogP contribution in [0.4, 0.5) is 0 Å². The van der Waals surface area contributed by atoms with Crippen molar-refractivity contribution in [2.24, 2.45) is 0 Å². The van der Waals surface area contributed by atoms with Crippen molar-refractivity contribution in [2.75, 3.05) is 0 Å². The summed E-state index contributed by atoms with van der Waals surface area (Å²) in [4.78, 5) is 0. The highest BCUT2D eigenvalue weighted by Crippen LogP contribution is 2.42. The van der Waals surface area contributed by atoms with Gasteiger partial charge in [-0.05, 0) is 91.4 Å². The molecule has 128 valence electrons. The second-order valence-electron chi connectivity index (χ2n) is 5.61. The van der Waals surface area contributed by atoms with Crippen LogP contribution in [0.1, 0.15) is 33.4 Å². The van der Waals surface area contributed by atoms with Crippen LogP contribution in [0.25, 0.3) is 12.2 Å². The van der Waals surface area contributed by atoms with Crippen molar-refractivity contribution in [2.45, 2.75) is 27.7 Å². The molecule has 6 heteroatoms. The molecule has 0 saturated heterocycles. The molecule has 0 spiro atoms. The van der Waals surface area contributed by atoms with Crippen LogP contribution in [0.5, 0.6) is 11.5 Å². The predicted octanol–water partition coefficient (Wildman–Crippen LogP) is 7.55. The van der Waals surface area contributed by atoms with E-state index in [1.54, 1.807) is 0 Å². The standard InChI is InChI=1S/C18H16Br4O2/c1-7-13(19)11(14(20)8(2)17(7)23)5-6-12-15(21)9(3)18(24)10(4)16(12)22/h5-6,23-24H,1-4H3/b6-5+. The first-order chi connectivity index (χ1) is 11.1. The van der Waals surface area contributed by atoms with E-state index in [4.69, 9.17) is 0 Å². The first-order valence-electron chi connectivity index (χ1n) is 7.11. The molecule has 24 heavy (non-hydrogen) atoms. The third-order valence-corrected chi connectivity index (χ3v) is 8.19. The van der Waals surface area contributed by atoms with Crippen LogP contribution in [0.15, 0.2) is 17.9 Å². The zero-order valence-electron chi connectivity index (χ0n) is 13.6. The number of benzene rings is 2. The summed E-state index contributed by atoms with van der Waals surface area (Å²) in [6.45, 7) is 7.49. The fourth-order valence-corrected chi connectivity index (χ4v) is 5.04. The van der Waals surface area contributed by atoms with E-state index < -0.39 is 0 Å². The molecule has 0 heterocycles. The zero-order chi connectivity index (χ0) is 18.3. The summed E-state index contributed by atoms with van der Waals surface area (Å²) in [5.41, 5.74) is 5.09. The van der Waals surface area contributed by atoms with Gasteiger partial charge in [0.25, 0.3) is 0 Å². The summed E-state index contributed by atoms with van der Waals surface area (Å²) in [7, 11) is 0. The molecule has 2 N–H and O–H groups in total. The number of phenolic OH excluding ortho intramolecular Hbond substituents is 2. The average molecular weight is 584 g/mol. The SMILES string of the molecule is Cc1c(O)c(C)c(Br)c(/C=C/c2c(Br)c(C)c(O)c(C)c2Br)c1Br. The minimum Gasteiger partial charge on any atom is -0.507 e. The minimum absolute atomic E-state index is 0.282. The normalized spacial score (nSPS) is 11.5. The van der Waals surface area contributed by atoms with Crippen molar-refractivity contribution < 1.29 is 10.2 Å². The average Bonchev–Trinajstić information content (AvgIpc) is 2.57. The molecule has 0 aliphatic carbocycles. The van der Waals surface area contributed by atoms with Gasteiger partial charge in [0.15, 0.2) is 0 Å². The number of rotatable bonds is 2. The van der Waals surface area contributed by atoms with Gasteiger partial charge in [-0.2, -0.15) is 0 Å². The maximum atomic E-state index is 10.1. The van der Waals surface area contributed by atoms with E-state index in [0.29, 0.717) is 0 Å². The van der Waals surface area contributed by atoms with E-state index in [0.717, 1.165) is 51.3 Å². The Balaban J connectivity index is 2.67. The highest BCUT2D eigenvalue weighted by Gasteiger charge is 2.17. The van der Waals surface area contributed by atoms with Gasteiger partial charge in [0.2, 0.25) is 0 Å². The van der Waals surface area contributed by atoms with Crippen molar-refractivity contribution in [3.63, 3.8) is 0 Å². The highest BCUT2D eigenvalue weighted by atomic mass is 79.9. The zero-order valence-corrected chi connectivity index (χ0v) is 19.9. The summed E-state index contributed by atoms with van der Waals surface area (Å²) in [5, 5.41) is 20.3. The number of hydrogen-bond acceptors (Lipinski definition) is 2. The Hall–Kier alpha value is -0.300. The Bertz CT molecular complexity index is 741. The summed E-state index contributed by atoms with van der Waals surface area (Å²) in [6, 6.07) is 0. The van der Waals surface area contributed by atoms with Crippen LogP contribution in [0.2, 0.25) is 0 Å². The highest BCUT2D eigenvalue weighted by molar-refractivity contribution is 9.11. The predicted molar refractivity (Wildman–Crippen MR) is 115 cm³/mol. The number of hydrogen-bond donors (Lipinski definition) is 2. The number of halogens is 4. The molecule has 2 nitrogen and oxygen atoms in total. The van der Waals surface area contributed by atoms with Gasteiger partial charge >= 0.3 is 0 Å². The van der Waals surface area contributed by atoms with Gasteiger partial charge in [0, 0.05) is 51.3 Å². The van der Waals surface area contributed by atoms with Crippen molar-refractivity contribution in [1.82, 2.24) is 0 Å². The van der Waals surface area contributed by atoms with Crippen LogP contribution in [0, 0.1) is 27.7 Å². The molecule has 0 aromatic heterocycles. The van der Waals surface area contributed by atoms with Gasteiger partial charge in [-0.3, -0.25) is 0 Å². The van der Waals surface area contributed by atoms with Crippen LogP contribution in [-0.2, 0) is 0 Å². The van der Waals surface area contributed by atoms with Gasteiger partial charge in [0.05, 0.1) is 0 Å². The quantitative estimate of drug-likeness (QED) is 0.358. The minimum atomic E-state index is 0.282. The molecule has 2 rings (SSSR count). The van der Waals surface area contributed by atoms with Crippen molar-refractivity contribution in [3.05, 3.63) is 51.3 Å². The molecule has 2 aromatic rings. The fraction of sp³-hybridized carbons (Fsp3) is 0.222. The molecule has 0 aliphatic rings. The van der Waals surface area contributed by atoms with E-state index in [2.05, 4.69) is 63.7 Å². The van der Waals surface area contributed by atoms with Gasteiger partial charge in [-0.1, -0.05) is 12.2 Å². The van der Waals surface area contributed by atoms with Crippen molar-refractivity contribution in [1.29, 1.82) is 0 Å². The molecular formula is C18H16Br4O2. The lowest BCUT2D eigenvalue weighted by Crippen LogP contribution is -1.92. The van der Waals surface area contributed by atoms with Gasteiger partial charge in [-0.15, -0.1) is 0 Å². The largest absolute Gasteiger partial charge is 0.507 e. The molecule has 0 saturated carbocycles. The Labute approximate surface area is 175 Å². The summed E-state index contributed by atoms with van der Waals surface area (Å²) < 4.78 is 3.36. The van der Waals surface area contributed by atoms with E-state index >= 15 is 0 Å². The van der Waals surface area contributed by atoms with E-state index in [1.165, 1.54) is 0 Å². The first kappa shape index (κ1) is 20.0. The van der Waals surface area contributed by atoms with Gasteiger partial charge in [-0.25, -0.2) is 0 Å². The summed E-state index contributed by atoms with van der Waals surface area (Å²) in [6.07, 6.45) is 3.96. The van der Waals surface area contributed by atoms with E-state index in [1.807, 2.05) is 39.8 Å². The molecule has 0 aliphatic heterocycles. The molecule has 0 amide bonds. The van der Waals surface area contributed by atoms with Crippen LogP contribution in [0.3, 0.4) is 0 Å². The Morgan fingerprint density at radius 3 is 0.958 bits per heavy atom. The first-order valence-corrected chi connectivity index (χ1v) is 10.3. The van der Waals surface area contributed by atoms with E-state index in [-0.39, 0.29) is 11.5 Å². The molecular weight excluding hydrogens is 568 g/mol. The molecule has 0 bridgehead atoms. The number of aromatic hydroxyl groups is 2. The van der Waals surface area contributed by atoms with Crippen molar-refractivity contribution in [3.8, 4) is 11.5 Å².